The molecule has 0 fully saturated rings. The monoisotopic (exact) mass is 220 g/mol. The van der Waals surface area contributed by atoms with E-state index in [1.165, 1.54) is 11.3 Å². The van der Waals surface area contributed by atoms with E-state index in [2.05, 4.69) is 17.0 Å². The zero-order valence-corrected chi connectivity index (χ0v) is 9.98. The number of fused-ring (bicyclic) bond motifs is 1. The fourth-order valence-electron chi connectivity index (χ4n) is 2.30. The number of anilines is 1. The molecule has 1 unspecified atom stereocenters. The molecule has 16 heavy (non-hydrogen) atoms. The molecule has 1 aromatic rings. The number of para-hydroxylation sites is 1. The summed E-state index contributed by atoms with van der Waals surface area (Å²) in [7, 11) is 0. The molecular formula is C13H20N2O. The van der Waals surface area contributed by atoms with Crippen LogP contribution in [0.15, 0.2) is 24.3 Å². The van der Waals surface area contributed by atoms with Crippen LogP contribution in [0.25, 0.3) is 0 Å². The highest BCUT2D eigenvalue weighted by Gasteiger charge is 2.25. The summed E-state index contributed by atoms with van der Waals surface area (Å²) in [6.45, 7) is 5.46. The summed E-state index contributed by atoms with van der Waals surface area (Å²) >= 11 is 0. The Hall–Kier alpha value is -1.06. The summed E-state index contributed by atoms with van der Waals surface area (Å²) in [6.07, 6.45) is 0.467. The maximum Gasteiger partial charge on any atom is 0.0756 e. The molecule has 1 aliphatic rings. The SMILES string of the molecule is CC(C)(N)CN1CC(O)Cc2ccccc21. The number of rotatable bonds is 2. The highest BCUT2D eigenvalue weighted by molar-refractivity contribution is 5.56. The van der Waals surface area contributed by atoms with E-state index in [0.29, 0.717) is 6.54 Å². The Labute approximate surface area is 96.9 Å². The molecule has 3 nitrogen and oxygen atoms in total. The van der Waals surface area contributed by atoms with Gasteiger partial charge < -0.3 is 15.7 Å². The quantitative estimate of drug-likeness (QED) is 0.786. The fraction of sp³-hybridized carbons (Fsp3) is 0.538. The van der Waals surface area contributed by atoms with Crippen molar-refractivity contribution in [2.45, 2.75) is 31.9 Å². The maximum absolute atomic E-state index is 9.84. The Bertz CT molecular complexity index is 370. The summed E-state index contributed by atoms with van der Waals surface area (Å²) in [5.74, 6) is 0. The zero-order chi connectivity index (χ0) is 11.8. The average Bonchev–Trinajstić information content (AvgIpc) is 2.14. The topological polar surface area (TPSA) is 49.5 Å². The van der Waals surface area contributed by atoms with Gasteiger partial charge in [-0.15, -0.1) is 0 Å². The van der Waals surface area contributed by atoms with Crippen LogP contribution in [0.3, 0.4) is 0 Å². The number of hydrogen-bond donors (Lipinski definition) is 2. The van der Waals surface area contributed by atoms with Gasteiger partial charge in [0.1, 0.15) is 0 Å². The third kappa shape index (κ3) is 2.54. The third-order valence-electron chi connectivity index (χ3n) is 2.82. The second kappa shape index (κ2) is 4.07. The summed E-state index contributed by atoms with van der Waals surface area (Å²) in [4.78, 5) is 2.18. The van der Waals surface area contributed by atoms with Gasteiger partial charge in [-0.3, -0.25) is 0 Å². The molecule has 1 heterocycles. The van der Waals surface area contributed by atoms with Gasteiger partial charge in [0.05, 0.1) is 6.10 Å². The lowest BCUT2D eigenvalue weighted by molar-refractivity contribution is 0.173. The lowest BCUT2D eigenvalue weighted by atomic mass is 9.97. The van der Waals surface area contributed by atoms with Crippen molar-refractivity contribution in [1.82, 2.24) is 0 Å². The van der Waals surface area contributed by atoms with Crippen LogP contribution in [-0.2, 0) is 6.42 Å². The molecule has 0 aromatic heterocycles. The van der Waals surface area contributed by atoms with Crippen molar-refractivity contribution < 1.29 is 5.11 Å². The summed E-state index contributed by atoms with van der Waals surface area (Å²) in [6, 6.07) is 8.23. The standard InChI is InChI=1S/C13H20N2O/c1-13(2,14)9-15-8-11(16)7-10-5-3-4-6-12(10)15/h3-6,11,16H,7-9,14H2,1-2H3. The smallest absolute Gasteiger partial charge is 0.0756 e. The van der Waals surface area contributed by atoms with E-state index in [1.807, 2.05) is 26.0 Å². The van der Waals surface area contributed by atoms with Crippen molar-refractivity contribution in [3.05, 3.63) is 29.8 Å². The Morgan fingerprint density at radius 2 is 2.12 bits per heavy atom. The van der Waals surface area contributed by atoms with Crippen molar-refractivity contribution in [2.24, 2.45) is 5.73 Å². The van der Waals surface area contributed by atoms with Crippen LogP contribution in [0, 0.1) is 0 Å². The normalized spacial score (nSPS) is 20.8. The summed E-state index contributed by atoms with van der Waals surface area (Å²) < 4.78 is 0. The first-order chi connectivity index (χ1) is 7.46. The molecule has 1 aliphatic heterocycles. The van der Waals surface area contributed by atoms with E-state index in [9.17, 15) is 5.11 Å². The van der Waals surface area contributed by atoms with Crippen LogP contribution in [0.4, 0.5) is 5.69 Å². The lowest BCUT2D eigenvalue weighted by Crippen LogP contribution is -2.49. The number of hydrogen-bond acceptors (Lipinski definition) is 3. The van der Waals surface area contributed by atoms with E-state index in [-0.39, 0.29) is 11.6 Å². The first-order valence-electron chi connectivity index (χ1n) is 5.75. The van der Waals surface area contributed by atoms with Crippen molar-refractivity contribution in [3.8, 4) is 0 Å². The molecule has 3 N–H and O–H groups in total. The predicted octanol–water partition coefficient (Wildman–Crippen LogP) is 1.15. The van der Waals surface area contributed by atoms with Crippen molar-refractivity contribution in [1.29, 1.82) is 0 Å². The molecule has 1 atom stereocenters. The molecule has 0 saturated heterocycles. The zero-order valence-electron chi connectivity index (χ0n) is 9.98. The highest BCUT2D eigenvalue weighted by Crippen LogP contribution is 2.27. The Kier molecular flexibility index (Phi) is 2.91. The number of nitrogens with zero attached hydrogens (tertiary/aromatic N) is 1. The van der Waals surface area contributed by atoms with Crippen LogP contribution in [0.2, 0.25) is 0 Å². The number of benzene rings is 1. The molecule has 0 aliphatic carbocycles. The molecular weight excluding hydrogens is 200 g/mol. The Balaban J connectivity index is 2.27. The third-order valence-corrected chi connectivity index (χ3v) is 2.82. The minimum atomic E-state index is -0.280. The number of β-amino-alcohol motifs (C(OH)–C–C–N with tert-alkyl or cyclic N) is 1. The molecule has 0 amide bonds. The van der Waals surface area contributed by atoms with Gasteiger partial charge in [-0.2, -0.15) is 0 Å². The largest absolute Gasteiger partial charge is 0.391 e. The summed E-state index contributed by atoms with van der Waals surface area (Å²) in [5, 5.41) is 9.84. The van der Waals surface area contributed by atoms with Crippen molar-refractivity contribution >= 4 is 5.69 Å². The molecule has 2 rings (SSSR count). The van der Waals surface area contributed by atoms with Crippen molar-refractivity contribution in [2.75, 3.05) is 18.0 Å². The first kappa shape index (κ1) is 11.4. The number of nitrogens with two attached hydrogens (primary N) is 1. The minimum absolute atomic E-state index is 0.246. The van der Waals surface area contributed by atoms with Crippen LogP contribution in [0.5, 0.6) is 0 Å². The van der Waals surface area contributed by atoms with Crippen molar-refractivity contribution in [3.63, 3.8) is 0 Å². The van der Waals surface area contributed by atoms with Gasteiger partial charge >= 0.3 is 0 Å². The van der Waals surface area contributed by atoms with Gasteiger partial charge in [0.15, 0.2) is 0 Å². The van der Waals surface area contributed by atoms with E-state index in [0.717, 1.165) is 13.0 Å². The second-order valence-corrected chi connectivity index (χ2v) is 5.36. The Morgan fingerprint density at radius 3 is 2.81 bits per heavy atom. The van der Waals surface area contributed by atoms with Gasteiger partial charge in [0, 0.05) is 30.7 Å². The number of aliphatic hydroxyl groups excluding tert-OH is 1. The lowest BCUT2D eigenvalue weighted by Gasteiger charge is -2.37. The van der Waals surface area contributed by atoms with Gasteiger partial charge in [0.2, 0.25) is 0 Å². The Morgan fingerprint density at radius 1 is 1.44 bits per heavy atom. The summed E-state index contributed by atoms with van der Waals surface area (Å²) in [5.41, 5.74) is 8.23. The van der Waals surface area contributed by atoms with Crippen LogP contribution in [0.1, 0.15) is 19.4 Å². The van der Waals surface area contributed by atoms with E-state index < -0.39 is 0 Å². The van der Waals surface area contributed by atoms with Gasteiger partial charge in [-0.1, -0.05) is 18.2 Å². The minimum Gasteiger partial charge on any atom is -0.391 e. The second-order valence-electron chi connectivity index (χ2n) is 5.36. The highest BCUT2D eigenvalue weighted by atomic mass is 16.3. The molecule has 0 bridgehead atoms. The average molecular weight is 220 g/mol. The van der Waals surface area contributed by atoms with Gasteiger partial charge in [0.25, 0.3) is 0 Å². The predicted molar refractivity (Wildman–Crippen MR) is 66.6 cm³/mol. The van der Waals surface area contributed by atoms with Crippen LogP contribution < -0.4 is 10.6 Å². The fourth-order valence-corrected chi connectivity index (χ4v) is 2.30. The number of aliphatic hydroxyl groups is 1. The van der Waals surface area contributed by atoms with E-state index >= 15 is 0 Å². The molecule has 88 valence electrons. The molecule has 0 saturated carbocycles. The van der Waals surface area contributed by atoms with E-state index in [4.69, 9.17) is 5.73 Å². The molecule has 0 radical (unpaired) electrons. The van der Waals surface area contributed by atoms with E-state index in [1.54, 1.807) is 0 Å². The first-order valence-corrected chi connectivity index (χ1v) is 5.75. The van der Waals surface area contributed by atoms with Gasteiger partial charge in [-0.25, -0.2) is 0 Å². The maximum atomic E-state index is 9.84. The molecule has 0 spiro atoms. The van der Waals surface area contributed by atoms with Crippen LogP contribution >= 0.6 is 0 Å². The van der Waals surface area contributed by atoms with Gasteiger partial charge in [-0.05, 0) is 25.5 Å². The molecule has 3 heteroatoms. The molecule has 1 aromatic carbocycles. The van der Waals surface area contributed by atoms with Crippen LogP contribution in [-0.4, -0.2) is 29.8 Å².